The number of halogens is 1. The zero-order chi connectivity index (χ0) is 13.9. The number of thiophene rings is 1. The number of hydrogen-bond donors (Lipinski definition) is 1. The van der Waals surface area contributed by atoms with Gasteiger partial charge in [0.1, 0.15) is 13.2 Å². The van der Waals surface area contributed by atoms with E-state index in [1.165, 1.54) is 4.88 Å². The van der Waals surface area contributed by atoms with E-state index >= 15 is 0 Å². The Kier molecular flexibility index (Phi) is 4.55. The molecule has 0 radical (unpaired) electrons. The quantitative estimate of drug-likeness (QED) is 0.822. The molecule has 0 saturated heterocycles. The lowest BCUT2D eigenvalue weighted by Gasteiger charge is -2.19. The van der Waals surface area contributed by atoms with E-state index in [1.807, 2.05) is 12.1 Å². The second-order valence-electron chi connectivity index (χ2n) is 4.29. The Hall–Kier alpha value is -0.690. The van der Waals surface area contributed by atoms with Crippen LogP contribution in [0.25, 0.3) is 0 Å². The molecule has 0 spiro atoms. The Morgan fingerprint density at radius 1 is 1.20 bits per heavy atom. The third kappa shape index (κ3) is 3.14. The van der Waals surface area contributed by atoms with Crippen molar-refractivity contribution < 1.29 is 9.47 Å². The van der Waals surface area contributed by atoms with Crippen LogP contribution in [0, 0.1) is 0 Å². The molecule has 1 unspecified atom stereocenters. The van der Waals surface area contributed by atoms with Crippen LogP contribution >= 0.6 is 39.0 Å². The Morgan fingerprint density at radius 2 is 2.00 bits per heavy atom. The number of thioether (sulfide) groups is 1. The van der Waals surface area contributed by atoms with Crippen molar-refractivity contribution >= 4 is 39.0 Å². The Balaban J connectivity index is 1.79. The molecule has 1 aromatic carbocycles. The summed E-state index contributed by atoms with van der Waals surface area (Å²) in [4.78, 5) is 2.42. The van der Waals surface area contributed by atoms with E-state index in [2.05, 4.69) is 34.1 Å². The molecule has 1 atom stereocenters. The molecule has 3 rings (SSSR count). The highest BCUT2D eigenvalue weighted by Gasteiger charge is 2.17. The van der Waals surface area contributed by atoms with Crippen molar-refractivity contribution in [3.63, 3.8) is 0 Å². The van der Waals surface area contributed by atoms with Gasteiger partial charge >= 0.3 is 0 Å². The van der Waals surface area contributed by atoms with Crippen LogP contribution in [0.1, 0.15) is 10.1 Å². The van der Waals surface area contributed by atoms with E-state index in [9.17, 15) is 0 Å². The Morgan fingerprint density at radius 3 is 2.70 bits per heavy atom. The molecule has 0 bridgehead atoms. The minimum atomic E-state index is 0.258. The summed E-state index contributed by atoms with van der Waals surface area (Å²) in [6.07, 6.45) is 0. The first-order valence-electron chi connectivity index (χ1n) is 6.28. The maximum absolute atomic E-state index is 5.91. The van der Waals surface area contributed by atoms with Gasteiger partial charge in [0.2, 0.25) is 0 Å². The zero-order valence-corrected chi connectivity index (χ0v) is 13.9. The molecule has 0 amide bonds. The van der Waals surface area contributed by atoms with E-state index < -0.39 is 0 Å². The number of hydrogen-bond acceptors (Lipinski definition) is 5. The van der Waals surface area contributed by atoms with E-state index in [4.69, 9.17) is 15.2 Å². The standard InChI is InChI=1S/C14H14BrNO2S2/c15-14-4-3-12(20-14)13(8-16)19-9-1-2-10-11(7-9)18-6-5-17-10/h1-4,7,13H,5-6,8,16H2. The Bertz CT molecular complexity index is 603. The molecule has 1 aromatic heterocycles. The first-order chi connectivity index (χ1) is 9.76. The third-order valence-electron chi connectivity index (χ3n) is 2.92. The van der Waals surface area contributed by atoms with Crippen LogP contribution in [0.2, 0.25) is 0 Å². The van der Waals surface area contributed by atoms with Crippen LogP contribution in [0.5, 0.6) is 11.5 Å². The second kappa shape index (κ2) is 6.39. The van der Waals surface area contributed by atoms with Gasteiger partial charge in [-0.15, -0.1) is 23.1 Å². The van der Waals surface area contributed by atoms with Crippen LogP contribution in [0.4, 0.5) is 0 Å². The SMILES string of the molecule is NCC(Sc1ccc2c(c1)OCCO2)c1ccc(Br)s1. The fourth-order valence-electron chi connectivity index (χ4n) is 1.98. The molecule has 0 aliphatic carbocycles. The van der Waals surface area contributed by atoms with Gasteiger partial charge in [-0.2, -0.15) is 0 Å². The second-order valence-corrected chi connectivity index (χ2v) is 8.06. The monoisotopic (exact) mass is 371 g/mol. The molecule has 3 nitrogen and oxygen atoms in total. The largest absolute Gasteiger partial charge is 0.486 e. The predicted octanol–water partition coefficient (Wildman–Crippen LogP) is 4.07. The van der Waals surface area contributed by atoms with Crippen molar-refractivity contribution in [2.24, 2.45) is 5.73 Å². The molecule has 2 N–H and O–H groups in total. The minimum Gasteiger partial charge on any atom is -0.486 e. The van der Waals surface area contributed by atoms with Crippen molar-refractivity contribution in [3.05, 3.63) is 39.0 Å². The highest BCUT2D eigenvalue weighted by Crippen LogP contribution is 2.42. The van der Waals surface area contributed by atoms with Crippen LogP contribution in [-0.4, -0.2) is 19.8 Å². The summed E-state index contributed by atoms with van der Waals surface area (Å²) in [6, 6.07) is 10.2. The lowest BCUT2D eigenvalue weighted by Crippen LogP contribution is -2.15. The smallest absolute Gasteiger partial charge is 0.162 e. The van der Waals surface area contributed by atoms with Crippen molar-refractivity contribution in [2.75, 3.05) is 19.8 Å². The summed E-state index contributed by atoms with van der Waals surface area (Å²) in [5, 5.41) is 0.258. The number of fused-ring (bicyclic) bond motifs is 1. The molecule has 1 aliphatic heterocycles. The van der Waals surface area contributed by atoms with Crippen LogP contribution in [0.3, 0.4) is 0 Å². The molecular weight excluding hydrogens is 358 g/mol. The van der Waals surface area contributed by atoms with Gasteiger partial charge in [0.05, 0.1) is 9.04 Å². The molecule has 6 heteroatoms. The summed E-state index contributed by atoms with van der Waals surface area (Å²) >= 11 is 6.98. The van der Waals surface area contributed by atoms with E-state index in [1.54, 1.807) is 23.1 Å². The normalized spacial score (nSPS) is 15.1. The van der Waals surface area contributed by atoms with Gasteiger partial charge in [-0.3, -0.25) is 0 Å². The number of ether oxygens (including phenoxy) is 2. The van der Waals surface area contributed by atoms with Gasteiger partial charge in [0.15, 0.2) is 11.5 Å². The minimum absolute atomic E-state index is 0.258. The topological polar surface area (TPSA) is 44.5 Å². The molecule has 0 saturated carbocycles. The van der Waals surface area contributed by atoms with Gasteiger partial charge in [-0.25, -0.2) is 0 Å². The van der Waals surface area contributed by atoms with E-state index in [0.717, 1.165) is 20.2 Å². The van der Waals surface area contributed by atoms with Gasteiger partial charge < -0.3 is 15.2 Å². The van der Waals surface area contributed by atoms with Gasteiger partial charge in [0, 0.05) is 16.3 Å². The summed E-state index contributed by atoms with van der Waals surface area (Å²) in [6.45, 7) is 1.83. The maximum Gasteiger partial charge on any atom is 0.162 e. The molecule has 2 heterocycles. The van der Waals surface area contributed by atoms with Crippen molar-refractivity contribution in [3.8, 4) is 11.5 Å². The first kappa shape index (κ1) is 14.3. The molecule has 1 aliphatic rings. The first-order valence-corrected chi connectivity index (χ1v) is 8.77. The number of rotatable bonds is 4. The average molecular weight is 372 g/mol. The van der Waals surface area contributed by atoms with Gasteiger partial charge in [-0.1, -0.05) is 0 Å². The van der Waals surface area contributed by atoms with E-state index in [-0.39, 0.29) is 5.25 Å². The van der Waals surface area contributed by atoms with Crippen molar-refractivity contribution in [1.82, 2.24) is 0 Å². The Labute approximate surface area is 134 Å². The summed E-state index contributed by atoms with van der Waals surface area (Å²) in [5.74, 6) is 1.65. The van der Waals surface area contributed by atoms with Crippen LogP contribution in [-0.2, 0) is 0 Å². The molecule has 0 fully saturated rings. The predicted molar refractivity (Wildman–Crippen MR) is 87.1 cm³/mol. The highest BCUT2D eigenvalue weighted by atomic mass is 79.9. The van der Waals surface area contributed by atoms with Crippen LogP contribution in [0.15, 0.2) is 39.0 Å². The van der Waals surface area contributed by atoms with Gasteiger partial charge in [0.25, 0.3) is 0 Å². The summed E-state index contributed by atoms with van der Waals surface area (Å²) in [7, 11) is 0. The fourth-order valence-corrected chi connectivity index (χ4v) is 4.63. The van der Waals surface area contributed by atoms with Crippen molar-refractivity contribution in [2.45, 2.75) is 10.1 Å². The molecule has 106 valence electrons. The number of benzene rings is 1. The highest BCUT2D eigenvalue weighted by molar-refractivity contribution is 9.11. The molecule has 2 aromatic rings. The van der Waals surface area contributed by atoms with Crippen molar-refractivity contribution in [1.29, 1.82) is 0 Å². The number of nitrogens with two attached hydrogens (primary N) is 1. The zero-order valence-electron chi connectivity index (χ0n) is 10.7. The molecule has 20 heavy (non-hydrogen) atoms. The molecular formula is C14H14BrNO2S2. The average Bonchev–Trinajstić information content (AvgIpc) is 2.91. The summed E-state index contributed by atoms with van der Waals surface area (Å²) in [5.41, 5.74) is 5.91. The van der Waals surface area contributed by atoms with Gasteiger partial charge in [-0.05, 0) is 46.3 Å². The lowest BCUT2D eigenvalue weighted by molar-refractivity contribution is 0.171. The van der Waals surface area contributed by atoms with E-state index in [0.29, 0.717) is 19.8 Å². The van der Waals surface area contributed by atoms with Crippen LogP contribution < -0.4 is 15.2 Å². The maximum atomic E-state index is 5.91. The fraction of sp³-hybridized carbons (Fsp3) is 0.286. The summed E-state index contributed by atoms with van der Waals surface area (Å²) < 4.78 is 12.3. The third-order valence-corrected chi connectivity index (χ3v) is 6.06. The lowest BCUT2D eigenvalue weighted by atomic mass is 10.3.